The molecular weight excluding hydrogens is 496 g/mol. The van der Waals surface area contributed by atoms with Crippen molar-refractivity contribution in [1.29, 1.82) is 0 Å². The Morgan fingerprint density at radius 2 is 1.74 bits per heavy atom. The average molecular weight is 529 g/mol. The smallest absolute Gasteiger partial charge is 0.300 e. The van der Waals surface area contributed by atoms with Crippen LogP contribution in [0, 0.1) is 0 Å². The van der Waals surface area contributed by atoms with E-state index < -0.39 is 5.97 Å². The molecule has 0 fully saturated rings. The summed E-state index contributed by atoms with van der Waals surface area (Å²) in [5.41, 5.74) is 10.4. The molecule has 3 aromatic carbocycles. The van der Waals surface area contributed by atoms with Gasteiger partial charge in [0, 0.05) is 49.8 Å². The van der Waals surface area contributed by atoms with Gasteiger partial charge in [0.1, 0.15) is 23.8 Å². The summed E-state index contributed by atoms with van der Waals surface area (Å²) in [7, 11) is 3.39. The third-order valence-corrected chi connectivity index (χ3v) is 6.24. The lowest BCUT2D eigenvalue weighted by Crippen LogP contribution is -2.20. The minimum Gasteiger partial charge on any atom is -0.497 e. The van der Waals surface area contributed by atoms with E-state index in [4.69, 9.17) is 30.1 Å². The molecule has 202 valence electrons. The molecule has 0 radical (unpaired) electrons. The van der Waals surface area contributed by atoms with Crippen molar-refractivity contribution in [2.75, 3.05) is 13.7 Å². The summed E-state index contributed by atoms with van der Waals surface area (Å²) in [6.07, 6.45) is 2.82. The number of aromatic nitrogens is 3. The summed E-state index contributed by atoms with van der Waals surface area (Å²) < 4.78 is 15.2. The van der Waals surface area contributed by atoms with Crippen molar-refractivity contribution in [2.24, 2.45) is 12.8 Å². The van der Waals surface area contributed by atoms with Crippen LogP contribution in [0.4, 0.5) is 0 Å². The highest BCUT2D eigenvalue weighted by atomic mass is 16.5. The van der Waals surface area contributed by atoms with Crippen LogP contribution in [0.25, 0.3) is 33.2 Å². The molecule has 0 spiro atoms. The molecule has 0 saturated carbocycles. The van der Waals surface area contributed by atoms with E-state index in [1.54, 1.807) is 18.7 Å². The lowest BCUT2D eigenvalue weighted by Gasteiger charge is -2.09. The van der Waals surface area contributed by atoms with Gasteiger partial charge in [-0.3, -0.25) is 9.59 Å². The van der Waals surface area contributed by atoms with Crippen molar-refractivity contribution in [3.05, 3.63) is 88.8 Å². The molecule has 0 aliphatic carbocycles. The fourth-order valence-corrected chi connectivity index (χ4v) is 4.35. The first-order valence-corrected chi connectivity index (χ1v) is 12.6. The lowest BCUT2D eigenvalue weighted by atomic mass is 10.1. The molecule has 0 saturated heterocycles. The number of carbonyl (C=O) groups is 1. The maximum absolute atomic E-state index is 13.3. The normalized spacial score (nSPS) is 10.8. The number of aliphatic carboxylic acids is 1. The number of carboxylic acids is 1. The van der Waals surface area contributed by atoms with Gasteiger partial charge in [-0.2, -0.15) is 0 Å². The molecule has 0 unspecified atom stereocenters. The van der Waals surface area contributed by atoms with Gasteiger partial charge in [0.05, 0.1) is 23.7 Å². The van der Waals surface area contributed by atoms with E-state index in [1.165, 1.54) is 0 Å². The first-order valence-electron chi connectivity index (χ1n) is 12.6. The molecule has 0 amide bonds. The quantitative estimate of drug-likeness (QED) is 0.302. The second kappa shape index (κ2) is 12.3. The van der Waals surface area contributed by atoms with Crippen molar-refractivity contribution in [1.82, 2.24) is 14.1 Å². The number of methoxy groups -OCH3 is 1. The van der Waals surface area contributed by atoms with Gasteiger partial charge in [0.2, 0.25) is 0 Å². The minimum absolute atomic E-state index is 0.148. The number of nitrogens with zero attached hydrogens (tertiary/aromatic N) is 3. The van der Waals surface area contributed by atoms with Crippen LogP contribution >= 0.6 is 0 Å². The maximum Gasteiger partial charge on any atom is 0.300 e. The standard InChI is InChI=1S/C28H28N4O3.C2H4O2/c1-31-25-12-10-20(34-2)15-24(25)30-27(28(31)33)23-17-32(14-6-13-29)26-16-21(9-11-22(23)26)35-18-19-7-4-3-5-8-19;1-2(3)4/h3-5,7-12,15-17H,6,13-14,18,29H2,1-2H3;1H3,(H,3,4). The van der Waals surface area contributed by atoms with Crippen LogP contribution in [-0.2, 0) is 25.0 Å². The van der Waals surface area contributed by atoms with Crippen molar-refractivity contribution < 1.29 is 19.4 Å². The molecule has 5 rings (SSSR count). The van der Waals surface area contributed by atoms with Crippen LogP contribution in [0.15, 0.2) is 77.7 Å². The number of fused-ring (bicyclic) bond motifs is 2. The third kappa shape index (κ3) is 6.27. The molecule has 5 aromatic rings. The second-order valence-electron chi connectivity index (χ2n) is 9.03. The Kier molecular flexibility index (Phi) is 8.63. The van der Waals surface area contributed by atoms with Crippen LogP contribution in [0.5, 0.6) is 11.5 Å². The molecule has 0 atom stereocenters. The Labute approximate surface area is 226 Å². The second-order valence-corrected chi connectivity index (χ2v) is 9.03. The van der Waals surface area contributed by atoms with Gasteiger partial charge in [-0.05, 0) is 42.8 Å². The highest BCUT2D eigenvalue weighted by Crippen LogP contribution is 2.32. The van der Waals surface area contributed by atoms with Crippen molar-refractivity contribution >= 4 is 27.9 Å². The fourth-order valence-electron chi connectivity index (χ4n) is 4.35. The van der Waals surface area contributed by atoms with Crippen LogP contribution < -0.4 is 20.8 Å². The Morgan fingerprint density at radius 1 is 1.03 bits per heavy atom. The van der Waals surface area contributed by atoms with E-state index in [0.29, 0.717) is 30.1 Å². The molecule has 0 aliphatic rings. The summed E-state index contributed by atoms with van der Waals surface area (Å²) >= 11 is 0. The molecule has 2 heterocycles. The van der Waals surface area contributed by atoms with Crippen LogP contribution in [0.3, 0.4) is 0 Å². The van der Waals surface area contributed by atoms with Gasteiger partial charge in [0.25, 0.3) is 11.5 Å². The van der Waals surface area contributed by atoms with E-state index in [9.17, 15) is 4.79 Å². The SMILES string of the molecule is CC(=O)O.COc1ccc2c(c1)nc(-c1cn(CCCN)c3cc(OCc4ccccc4)ccc13)c(=O)n2C. The lowest BCUT2D eigenvalue weighted by molar-refractivity contribution is -0.134. The van der Waals surface area contributed by atoms with Crippen molar-refractivity contribution in [2.45, 2.75) is 26.5 Å². The van der Waals surface area contributed by atoms with E-state index in [0.717, 1.165) is 53.2 Å². The van der Waals surface area contributed by atoms with Gasteiger partial charge in [-0.1, -0.05) is 30.3 Å². The Hall–Kier alpha value is -4.63. The highest BCUT2D eigenvalue weighted by molar-refractivity contribution is 5.96. The van der Waals surface area contributed by atoms with E-state index in [2.05, 4.69) is 4.57 Å². The number of hydrogen-bond donors (Lipinski definition) is 2. The number of hydrogen-bond acceptors (Lipinski definition) is 6. The molecule has 3 N–H and O–H groups in total. The van der Waals surface area contributed by atoms with Crippen LogP contribution in [0.2, 0.25) is 0 Å². The van der Waals surface area contributed by atoms with Crippen molar-refractivity contribution in [3.8, 4) is 22.8 Å². The Morgan fingerprint density at radius 3 is 2.44 bits per heavy atom. The Balaban J connectivity index is 0.000000826. The van der Waals surface area contributed by atoms with Gasteiger partial charge in [-0.25, -0.2) is 4.98 Å². The summed E-state index contributed by atoms with van der Waals surface area (Å²) in [5, 5.41) is 8.36. The number of ether oxygens (including phenoxy) is 2. The van der Waals surface area contributed by atoms with Crippen LogP contribution in [0.1, 0.15) is 18.9 Å². The van der Waals surface area contributed by atoms with E-state index in [-0.39, 0.29) is 5.56 Å². The summed E-state index contributed by atoms with van der Waals surface area (Å²) in [6, 6.07) is 21.6. The topological polar surface area (TPSA) is 122 Å². The molecule has 0 bridgehead atoms. The number of nitrogens with two attached hydrogens (primary N) is 1. The first kappa shape index (κ1) is 27.4. The van der Waals surface area contributed by atoms with Gasteiger partial charge in [0.15, 0.2) is 0 Å². The van der Waals surface area contributed by atoms with Gasteiger partial charge in [-0.15, -0.1) is 0 Å². The molecule has 0 aliphatic heterocycles. The zero-order chi connectivity index (χ0) is 27.9. The number of benzene rings is 3. The molecular formula is C30H32N4O5. The minimum atomic E-state index is -0.833. The predicted molar refractivity (Wildman–Crippen MR) is 152 cm³/mol. The van der Waals surface area contributed by atoms with E-state index >= 15 is 0 Å². The molecule has 2 aromatic heterocycles. The predicted octanol–water partition coefficient (Wildman–Crippen LogP) is 4.58. The number of aryl methyl sites for hydroxylation is 2. The summed E-state index contributed by atoms with van der Waals surface area (Å²) in [5.74, 6) is 0.629. The third-order valence-electron chi connectivity index (χ3n) is 6.24. The zero-order valence-corrected chi connectivity index (χ0v) is 22.3. The summed E-state index contributed by atoms with van der Waals surface area (Å²) in [6.45, 7) is 2.88. The number of carboxylic acid groups (broad SMARTS) is 1. The largest absolute Gasteiger partial charge is 0.497 e. The van der Waals surface area contributed by atoms with E-state index in [1.807, 2.05) is 72.9 Å². The zero-order valence-electron chi connectivity index (χ0n) is 22.3. The molecule has 9 heteroatoms. The molecule has 39 heavy (non-hydrogen) atoms. The van der Waals surface area contributed by atoms with Gasteiger partial charge >= 0.3 is 0 Å². The van der Waals surface area contributed by atoms with Crippen LogP contribution in [-0.4, -0.2) is 38.8 Å². The fraction of sp³-hybridized carbons (Fsp3) is 0.233. The Bertz CT molecular complexity index is 1650. The average Bonchev–Trinajstić information content (AvgIpc) is 3.30. The van der Waals surface area contributed by atoms with Gasteiger partial charge < -0.3 is 29.4 Å². The van der Waals surface area contributed by atoms with Crippen molar-refractivity contribution in [3.63, 3.8) is 0 Å². The highest BCUT2D eigenvalue weighted by Gasteiger charge is 2.18. The number of rotatable bonds is 8. The molecule has 9 nitrogen and oxygen atoms in total. The first-order chi connectivity index (χ1) is 18.8. The summed E-state index contributed by atoms with van der Waals surface area (Å²) in [4.78, 5) is 27.1. The maximum atomic E-state index is 13.3. The monoisotopic (exact) mass is 528 g/mol.